The first-order valence-electron chi connectivity index (χ1n) is 6.18. The zero-order valence-electron chi connectivity index (χ0n) is 10.9. The molecule has 0 aliphatic carbocycles. The van der Waals surface area contributed by atoms with Crippen molar-refractivity contribution in [1.82, 2.24) is 5.32 Å². The molecule has 18 heavy (non-hydrogen) atoms. The van der Waals surface area contributed by atoms with E-state index in [0.717, 1.165) is 0 Å². The molecule has 1 aromatic carbocycles. The molecule has 100 valence electrons. The van der Waals surface area contributed by atoms with Crippen LogP contribution in [-0.4, -0.2) is 36.9 Å². The topological polar surface area (TPSA) is 58.6 Å². The number of aliphatic hydroxyl groups excluding tert-OH is 1. The van der Waals surface area contributed by atoms with E-state index in [4.69, 9.17) is 4.74 Å². The minimum Gasteiger partial charge on any atom is -0.389 e. The van der Waals surface area contributed by atoms with Gasteiger partial charge in [0, 0.05) is 18.7 Å². The Morgan fingerprint density at radius 1 is 1.28 bits per heavy atom. The smallest absolute Gasteiger partial charge is 0.251 e. The molecular formula is C14H21NO3. The van der Waals surface area contributed by atoms with Crippen LogP contribution < -0.4 is 5.32 Å². The average molecular weight is 251 g/mol. The third-order valence-corrected chi connectivity index (χ3v) is 2.30. The van der Waals surface area contributed by atoms with E-state index in [1.807, 2.05) is 19.9 Å². The first-order chi connectivity index (χ1) is 8.59. The fourth-order valence-corrected chi connectivity index (χ4v) is 1.40. The van der Waals surface area contributed by atoms with Crippen molar-refractivity contribution in [1.29, 1.82) is 0 Å². The van der Waals surface area contributed by atoms with Gasteiger partial charge in [0.05, 0.1) is 12.7 Å². The summed E-state index contributed by atoms with van der Waals surface area (Å²) in [6.45, 7) is 5.15. The Bertz CT molecular complexity index is 351. The van der Waals surface area contributed by atoms with Crippen LogP contribution in [0.25, 0.3) is 0 Å². The van der Waals surface area contributed by atoms with E-state index in [0.29, 0.717) is 18.1 Å². The van der Waals surface area contributed by atoms with Crippen LogP contribution in [0.4, 0.5) is 0 Å². The molecule has 0 fully saturated rings. The van der Waals surface area contributed by atoms with E-state index in [1.54, 1.807) is 24.3 Å². The van der Waals surface area contributed by atoms with Gasteiger partial charge in [0.2, 0.25) is 0 Å². The minimum absolute atomic E-state index is 0.182. The lowest BCUT2D eigenvalue weighted by Gasteiger charge is -2.13. The summed E-state index contributed by atoms with van der Waals surface area (Å²) >= 11 is 0. The van der Waals surface area contributed by atoms with Crippen molar-refractivity contribution >= 4 is 5.91 Å². The fourth-order valence-electron chi connectivity index (χ4n) is 1.40. The van der Waals surface area contributed by atoms with E-state index in [1.165, 1.54) is 0 Å². The minimum atomic E-state index is -0.670. The third kappa shape index (κ3) is 5.80. The molecule has 0 bridgehead atoms. The van der Waals surface area contributed by atoms with Crippen molar-refractivity contribution in [3.8, 4) is 0 Å². The number of rotatable bonds is 7. The normalized spacial score (nSPS) is 12.4. The molecule has 1 rings (SSSR count). The second-order valence-corrected chi connectivity index (χ2v) is 4.66. The first-order valence-corrected chi connectivity index (χ1v) is 6.18. The maximum absolute atomic E-state index is 11.7. The van der Waals surface area contributed by atoms with Crippen LogP contribution in [0.2, 0.25) is 0 Å². The van der Waals surface area contributed by atoms with Crippen molar-refractivity contribution in [2.75, 3.05) is 19.8 Å². The molecule has 4 heteroatoms. The Labute approximate surface area is 108 Å². The highest BCUT2D eigenvalue weighted by Crippen LogP contribution is 1.98. The van der Waals surface area contributed by atoms with Crippen LogP contribution in [0.3, 0.4) is 0 Å². The predicted molar refractivity (Wildman–Crippen MR) is 70.4 cm³/mol. The molecule has 0 heterocycles. The Kier molecular flexibility index (Phi) is 6.39. The number of benzene rings is 1. The van der Waals surface area contributed by atoms with Gasteiger partial charge >= 0.3 is 0 Å². The highest BCUT2D eigenvalue weighted by atomic mass is 16.5. The van der Waals surface area contributed by atoms with Crippen molar-refractivity contribution in [2.45, 2.75) is 20.0 Å². The number of amides is 1. The molecule has 0 saturated heterocycles. The number of hydrogen-bond donors (Lipinski definition) is 2. The highest BCUT2D eigenvalue weighted by Gasteiger charge is 2.08. The molecule has 1 unspecified atom stereocenters. The Morgan fingerprint density at radius 3 is 2.56 bits per heavy atom. The molecule has 0 radical (unpaired) electrons. The zero-order chi connectivity index (χ0) is 13.4. The molecular weight excluding hydrogens is 230 g/mol. The fraction of sp³-hybridized carbons (Fsp3) is 0.500. The van der Waals surface area contributed by atoms with Crippen molar-refractivity contribution < 1.29 is 14.6 Å². The van der Waals surface area contributed by atoms with Gasteiger partial charge in [-0.1, -0.05) is 32.0 Å². The molecule has 0 aliphatic rings. The largest absolute Gasteiger partial charge is 0.389 e. The summed E-state index contributed by atoms with van der Waals surface area (Å²) in [7, 11) is 0. The predicted octanol–water partition coefficient (Wildman–Crippen LogP) is 1.45. The van der Waals surface area contributed by atoms with E-state index < -0.39 is 6.10 Å². The zero-order valence-corrected chi connectivity index (χ0v) is 10.9. The maximum atomic E-state index is 11.7. The summed E-state index contributed by atoms with van der Waals surface area (Å²) in [6, 6.07) is 8.92. The van der Waals surface area contributed by atoms with E-state index in [-0.39, 0.29) is 19.1 Å². The van der Waals surface area contributed by atoms with Crippen LogP contribution in [0.15, 0.2) is 30.3 Å². The standard InChI is InChI=1S/C14H21NO3/c1-11(2)9-18-10-13(16)8-15-14(17)12-6-4-3-5-7-12/h3-7,11,13,16H,8-10H2,1-2H3,(H,15,17). The van der Waals surface area contributed by atoms with Gasteiger partial charge in [-0.05, 0) is 18.1 Å². The molecule has 1 amide bonds. The van der Waals surface area contributed by atoms with Gasteiger partial charge in [-0.2, -0.15) is 0 Å². The van der Waals surface area contributed by atoms with Gasteiger partial charge < -0.3 is 15.2 Å². The number of hydrogen-bond acceptors (Lipinski definition) is 3. The molecule has 0 aliphatic heterocycles. The van der Waals surface area contributed by atoms with E-state index >= 15 is 0 Å². The average Bonchev–Trinajstić information content (AvgIpc) is 2.36. The van der Waals surface area contributed by atoms with Gasteiger partial charge in [0.1, 0.15) is 0 Å². The van der Waals surface area contributed by atoms with Gasteiger partial charge in [-0.15, -0.1) is 0 Å². The summed E-state index contributed by atoms with van der Waals surface area (Å²) < 4.78 is 5.29. The molecule has 0 spiro atoms. The van der Waals surface area contributed by atoms with Crippen molar-refractivity contribution in [3.63, 3.8) is 0 Å². The van der Waals surface area contributed by atoms with Gasteiger partial charge in [-0.3, -0.25) is 4.79 Å². The highest BCUT2D eigenvalue weighted by molar-refractivity contribution is 5.94. The molecule has 2 N–H and O–H groups in total. The van der Waals surface area contributed by atoms with E-state index in [2.05, 4.69) is 5.32 Å². The number of nitrogens with one attached hydrogen (secondary N) is 1. The van der Waals surface area contributed by atoms with Crippen molar-refractivity contribution in [3.05, 3.63) is 35.9 Å². The molecule has 1 atom stereocenters. The summed E-state index contributed by atoms with van der Waals surface area (Å²) in [6.07, 6.45) is -0.670. The number of ether oxygens (including phenoxy) is 1. The summed E-state index contributed by atoms with van der Waals surface area (Å²) in [5.74, 6) is 0.259. The second-order valence-electron chi connectivity index (χ2n) is 4.66. The number of carbonyl (C=O) groups is 1. The summed E-state index contributed by atoms with van der Waals surface area (Å²) in [5, 5.41) is 12.3. The molecule has 1 aromatic rings. The number of carbonyl (C=O) groups excluding carboxylic acids is 1. The quantitative estimate of drug-likeness (QED) is 0.771. The maximum Gasteiger partial charge on any atom is 0.251 e. The Hall–Kier alpha value is -1.39. The monoisotopic (exact) mass is 251 g/mol. The Morgan fingerprint density at radius 2 is 1.94 bits per heavy atom. The van der Waals surface area contributed by atoms with Crippen LogP contribution in [0.1, 0.15) is 24.2 Å². The van der Waals surface area contributed by atoms with Crippen LogP contribution >= 0.6 is 0 Å². The second kappa shape index (κ2) is 7.84. The molecule has 0 aromatic heterocycles. The van der Waals surface area contributed by atoms with Crippen LogP contribution in [0, 0.1) is 5.92 Å². The lowest BCUT2D eigenvalue weighted by atomic mass is 10.2. The van der Waals surface area contributed by atoms with Crippen molar-refractivity contribution in [2.24, 2.45) is 5.92 Å². The number of aliphatic hydroxyl groups is 1. The summed E-state index contributed by atoms with van der Waals surface area (Å²) in [5.41, 5.74) is 0.591. The SMILES string of the molecule is CC(C)COCC(O)CNC(=O)c1ccccc1. The Balaban J connectivity index is 2.22. The molecule has 4 nitrogen and oxygen atoms in total. The van der Waals surface area contributed by atoms with Gasteiger partial charge in [0.25, 0.3) is 5.91 Å². The van der Waals surface area contributed by atoms with Crippen LogP contribution in [-0.2, 0) is 4.74 Å². The van der Waals surface area contributed by atoms with Gasteiger partial charge in [-0.25, -0.2) is 0 Å². The van der Waals surface area contributed by atoms with Crippen LogP contribution in [0.5, 0.6) is 0 Å². The van der Waals surface area contributed by atoms with E-state index in [9.17, 15) is 9.90 Å². The van der Waals surface area contributed by atoms with Gasteiger partial charge in [0.15, 0.2) is 0 Å². The molecule has 0 saturated carbocycles. The lowest BCUT2D eigenvalue weighted by molar-refractivity contribution is 0.0259. The first kappa shape index (κ1) is 14.7. The summed E-state index contributed by atoms with van der Waals surface area (Å²) in [4.78, 5) is 11.7. The third-order valence-electron chi connectivity index (χ3n) is 2.30. The lowest BCUT2D eigenvalue weighted by Crippen LogP contribution is -2.34.